The second-order valence-corrected chi connectivity index (χ2v) is 5.47. The van der Waals surface area contributed by atoms with Gasteiger partial charge in [-0.3, -0.25) is 14.9 Å². The lowest BCUT2D eigenvalue weighted by atomic mass is 9.86. The molecule has 19 heavy (non-hydrogen) atoms. The standard InChI is InChI=1S/C13H15FN2O3/c1-7(2)15-10-6-9(14)11(16(18)19)5-8(10)13(3,4)12(15)17/h5-7H,1-4H3. The first-order valence-electron chi connectivity index (χ1n) is 6.00. The lowest BCUT2D eigenvalue weighted by Gasteiger charge is -2.24. The summed E-state index contributed by atoms with van der Waals surface area (Å²) in [4.78, 5) is 23.9. The third kappa shape index (κ3) is 1.78. The first-order chi connectivity index (χ1) is 8.67. The fourth-order valence-corrected chi connectivity index (χ4v) is 2.43. The van der Waals surface area contributed by atoms with E-state index in [2.05, 4.69) is 0 Å². The number of carbonyl (C=O) groups is 1. The minimum Gasteiger partial charge on any atom is -0.309 e. The van der Waals surface area contributed by atoms with Gasteiger partial charge in [-0.25, -0.2) is 0 Å². The van der Waals surface area contributed by atoms with Gasteiger partial charge in [-0.2, -0.15) is 4.39 Å². The van der Waals surface area contributed by atoms with Crippen LogP contribution in [0.5, 0.6) is 0 Å². The fraction of sp³-hybridized carbons (Fsp3) is 0.462. The molecule has 0 aromatic heterocycles. The summed E-state index contributed by atoms with van der Waals surface area (Å²) in [6.07, 6.45) is 0. The summed E-state index contributed by atoms with van der Waals surface area (Å²) < 4.78 is 13.7. The summed E-state index contributed by atoms with van der Waals surface area (Å²) in [5.74, 6) is -1.09. The highest BCUT2D eigenvalue weighted by Gasteiger charge is 2.46. The first kappa shape index (κ1) is 13.5. The van der Waals surface area contributed by atoms with E-state index in [0.29, 0.717) is 11.3 Å². The highest BCUT2D eigenvalue weighted by molar-refractivity contribution is 6.08. The second kappa shape index (κ2) is 4.01. The van der Waals surface area contributed by atoms with Crippen molar-refractivity contribution < 1.29 is 14.1 Å². The van der Waals surface area contributed by atoms with Crippen LogP contribution in [0.1, 0.15) is 33.3 Å². The van der Waals surface area contributed by atoms with E-state index in [0.717, 1.165) is 6.07 Å². The Bertz CT molecular complexity index is 581. The minimum atomic E-state index is -0.917. The molecule has 1 aliphatic rings. The van der Waals surface area contributed by atoms with Gasteiger partial charge in [0.25, 0.3) is 0 Å². The third-order valence-corrected chi connectivity index (χ3v) is 3.46. The van der Waals surface area contributed by atoms with Gasteiger partial charge in [0, 0.05) is 18.2 Å². The summed E-state index contributed by atoms with van der Waals surface area (Å²) in [7, 11) is 0. The van der Waals surface area contributed by atoms with Crippen LogP contribution in [-0.2, 0) is 10.2 Å². The molecule has 0 N–H and O–H groups in total. The van der Waals surface area contributed by atoms with Crippen molar-refractivity contribution in [3.05, 3.63) is 33.6 Å². The van der Waals surface area contributed by atoms with Crippen LogP contribution in [0.2, 0.25) is 0 Å². The van der Waals surface area contributed by atoms with Crippen LogP contribution in [-0.4, -0.2) is 16.9 Å². The molecule has 1 aromatic rings. The Hall–Kier alpha value is -1.98. The lowest BCUT2D eigenvalue weighted by molar-refractivity contribution is -0.387. The number of halogens is 1. The molecule has 0 bridgehead atoms. The number of benzene rings is 1. The summed E-state index contributed by atoms with van der Waals surface area (Å²) in [6.45, 7) is 7.03. The molecule has 1 amide bonds. The van der Waals surface area contributed by atoms with Gasteiger partial charge in [0.2, 0.25) is 11.7 Å². The van der Waals surface area contributed by atoms with E-state index in [4.69, 9.17) is 0 Å². The second-order valence-electron chi connectivity index (χ2n) is 5.47. The molecule has 0 aliphatic carbocycles. The molecule has 0 radical (unpaired) electrons. The van der Waals surface area contributed by atoms with E-state index < -0.39 is 21.8 Å². The van der Waals surface area contributed by atoms with Crippen molar-refractivity contribution in [3.63, 3.8) is 0 Å². The molecule has 1 aromatic carbocycles. The molecule has 0 atom stereocenters. The average Bonchev–Trinajstić information content (AvgIpc) is 2.45. The molecule has 0 saturated heterocycles. The number of nitro groups is 1. The lowest BCUT2D eigenvalue weighted by Crippen LogP contribution is -2.40. The van der Waals surface area contributed by atoms with Crippen molar-refractivity contribution in [1.82, 2.24) is 0 Å². The molecule has 1 aliphatic heterocycles. The van der Waals surface area contributed by atoms with Crippen molar-refractivity contribution in [3.8, 4) is 0 Å². The van der Waals surface area contributed by atoms with Crippen LogP contribution >= 0.6 is 0 Å². The highest BCUT2D eigenvalue weighted by Crippen LogP contribution is 2.44. The summed E-state index contributed by atoms with van der Waals surface area (Å²) in [5, 5.41) is 10.8. The Morgan fingerprint density at radius 3 is 2.42 bits per heavy atom. The van der Waals surface area contributed by atoms with E-state index >= 15 is 0 Å². The first-order valence-corrected chi connectivity index (χ1v) is 6.00. The van der Waals surface area contributed by atoms with E-state index in [1.165, 1.54) is 11.0 Å². The molecular formula is C13H15FN2O3. The van der Waals surface area contributed by atoms with E-state index in [1.54, 1.807) is 13.8 Å². The van der Waals surface area contributed by atoms with Crippen LogP contribution in [0, 0.1) is 15.9 Å². The Labute approximate surface area is 110 Å². The normalized spacial score (nSPS) is 16.9. The van der Waals surface area contributed by atoms with E-state index in [-0.39, 0.29) is 11.9 Å². The maximum Gasteiger partial charge on any atom is 0.305 e. The zero-order valence-corrected chi connectivity index (χ0v) is 11.2. The smallest absolute Gasteiger partial charge is 0.305 e. The maximum absolute atomic E-state index is 13.7. The fourth-order valence-electron chi connectivity index (χ4n) is 2.43. The average molecular weight is 266 g/mol. The molecular weight excluding hydrogens is 251 g/mol. The quantitative estimate of drug-likeness (QED) is 0.610. The summed E-state index contributed by atoms with van der Waals surface area (Å²) in [5.41, 5.74) is -0.546. The van der Waals surface area contributed by atoms with Gasteiger partial charge in [-0.05, 0) is 33.3 Å². The number of nitrogens with zero attached hydrogens (tertiary/aromatic N) is 2. The molecule has 0 unspecified atom stereocenters. The van der Waals surface area contributed by atoms with Gasteiger partial charge in [-0.1, -0.05) is 0 Å². The number of fused-ring (bicyclic) bond motifs is 1. The van der Waals surface area contributed by atoms with E-state index in [1.807, 2.05) is 13.8 Å². The molecule has 6 heteroatoms. The predicted molar refractivity (Wildman–Crippen MR) is 68.7 cm³/mol. The number of carbonyl (C=O) groups excluding carboxylic acids is 1. The number of anilines is 1. The van der Waals surface area contributed by atoms with Crippen LogP contribution in [0.3, 0.4) is 0 Å². The zero-order chi connectivity index (χ0) is 14.5. The molecule has 0 spiro atoms. The number of hydrogen-bond acceptors (Lipinski definition) is 3. The largest absolute Gasteiger partial charge is 0.309 e. The van der Waals surface area contributed by atoms with Gasteiger partial charge in [0.05, 0.1) is 16.0 Å². The molecule has 0 saturated carbocycles. The monoisotopic (exact) mass is 266 g/mol. The number of rotatable bonds is 2. The predicted octanol–water partition coefficient (Wildman–Crippen LogP) is 2.77. The Morgan fingerprint density at radius 2 is 1.95 bits per heavy atom. The zero-order valence-electron chi connectivity index (χ0n) is 11.2. The minimum absolute atomic E-state index is 0.131. The highest BCUT2D eigenvalue weighted by atomic mass is 19.1. The molecule has 102 valence electrons. The van der Waals surface area contributed by atoms with Crippen LogP contribution in [0.25, 0.3) is 0 Å². The van der Waals surface area contributed by atoms with Crippen LogP contribution in [0.15, 0.2) is 12.1 Å². The Kier molecular flexibility index (Phi) is 2.84. The Morgan fingerprint density at radius 1 is 1.37 bits per heavy atom. The van der Waals surface area contributed by atoms with Gasteiger partial charge in [-0.15, -0.1) is 0 Å². The van der Waals surface area contributed by atoms with Crippen molar-refractivity contribution in [2.75, 3.05) is 4.90 Å². The van der Waals surface area contributed by atoms with Crippen molar-refractivity contribution in [2.24, 2.45) is 0 Å². The molecule has 0 fully saturated rings. The molecule has 1 heterocycles. The van der Waals surface area contributed by atoms with Crippen molar-refractivity contribution in [2.45, 2.75) is 39.2 Å². The van der Waals surface area contributed by atoms with Crippen molar-refractivity contribution >= 4 is 17.3 Å². The number of amides is 1. The molecule has 2 rings (SSSR count). The third-order valence-electron chi connectivity index (χ3n) is 3.46. The van der Waals surface area contributed by atoms with E-state index in [9.17, 15) is 19.3 Å². The van der Waals surface area contributed by atoms with Crippen LogP contribution < -0.4 is 4.90 Å². The van der Waals surface area contributed by atoms with Gasteiger partial charge < -0.3 is 4.90 Å². The number of nitro benzene ring substituents is 1. The summed E-state index contributed by atoms with van der Waals surface area (Å²) in [6, 6.07) is 2.12. The van der Waals surface area contributed by atoms with Crippen molar-refractivity contribution in [1.29, 1.82) is 0 Å². The molecule has 5 nitrogen and oxygen atoms in total. The maximum atomic E-state index is 13.7. The number of hydrogen-bond donors (Lipinski definition) is 0. The SMILES string of the molecule is CC(C)N1C(=O)C(C)(C)c2cc([N+](=O)[O-])c(F)cc21. The van der Waals surface area contributed by atoms with Crippen LogP contribution in [0.4, 0.5) is 15.8 Å². The van der Waals surface area contributed by atoms with Gasteiger partial charge >= 0.3 is 5.69 Å². The Balaban J connectivity index is 2.73. The topological polar surface area (TPSA) is 63.5 Å². The van der Waals surface area contributed by atoms with Gasteiger partial charge in [0.15, 0.2) is 0 Å². The summed E-state index contributed by atoms with van der Waals surface area (Å²) >= 11 is 0. The van der Waals surface area contributed by atoms with Gasteiger partial charge in [0.1, 0.15) is 0 Å².